The van der Waals surface area contributed by atoms with Crippen LogP contribution in [0.5, 0.6) is 0 Å². The van der Waals surface area contributed by atoms with Crippen LogP contribution in [0.2, 0.25) is 0 Å². The predicted octanol–water partition coefficient (Wildman–Crippen LogP) is 6.21. The van der Waals surface area contributed by atoms with Gasteiger partial charge in [0.05, 0.1) is 0 Å². The summed E-state index contributed by atoms with van der Waals surface area (Å²) < 4.78 is 5.31. The van der Waals surface area contributed by atoms with Crippen LogP contribution in [0.3, 0.4) is 0 Å². The van der Waals surface area contributed by atoms with Crippen LogP contribution in [0.1, 0.15) is 117 Å². The molecule has 0 aromatic rings. The molecule has 0 bridgehead atoms. The van der Waals surface area contributed by atoms with Gasteiger partial charge in [-0.25, -0.2) is 0 Å². The fourth-order valence-electron chi connectivity index (χ4n) is 3.17. The molecule has 0 aliphatic carbocycles. The topological polar surface area (TPSA) is 49.7 Å². The fraction of sp³-hybridized carbons (Fsp3) is 1.00. The van der Waals surface area contributed by atoms with Crippen molar-refractivity contribution in [3.8, 4) is 0 Å². The first-order chi connectivity index (χ1) is 12.2. The first-order valence-electron chi connectivity index (χ1n) is 11.1. The van der Waals surface area contributed by atoms with Gasteiger partial charge in [0.2, 0.25) is 0 Å². The van der Waals surface area contributed by atoms with Gasteiger partial charge < -0.3 is 14.9 Å². The number of aliphatic hydroxyl groups excluding tert-OH is 2. The molecule has 0 spiro atoms. The van der Waals surface area contributed by atoms with Gasteiger partial charge in [0, 0.05) is 19.6 Å². The Morgan fingerprint density at radius 2 is 1.04 bits per heavy atom. The largest absolute Gasteiger partial charge is 0.396 e. The number of unbranched alkanes of at least 4 members (excludes halogenated alkanes) is 12. The van der Waals surface area contributed by atoms with Gasteiger partial charge in [-0.15, -0.1) is 0 Å². The first-order valence-corrected chi connectivity index (χ1v) is 11.1. The molecule has 0 aromatic heterocycles. The maximum Gasteiger partial charge on any atom is 0.154 e. The van der Waals surface area contributed by atoms with E-state index in [0.29, 0.717) is 19.4 Å². The summed E-state index contributed by atoms with van der Waals surface area (Å²) in [4.78, 5) is 0. The van der Waals surface area contributed by atoms with E-state index in [1.54, 1.807) is 0 Å². The SMILES string of the molecule is CC(C)CCCCCCCCCCCCCCCOC(O)CCCO. The molecule has 0 saturated heterocycles. The van der Waals surface area contributed by atoms with E-state index in [9.17, 15) is 5.11 Å². The lowest BCUT2D eigenvalue weighted by Gasteiger charge is -2.10. The quantitative estimate of drug-likeness (QED) is 0.201. The standard InChI is InChI=1S/C22H46O3/c1-21(2)17-14-12-10-8-6-4-3-5-7-9-11-13-15-20-25-22(24)18-16-19-23/h21-24H,3-20H2,1-2H3. The van der Waals surface area contributed by atoms with Gasteiger partial charge in [0.25, 0.3) is 0 Å². The highest BCUT2D eigenvalue weighted by Crippen LogP contribution is 2.14. The molecule has 0 heterocycles. The van der Waals surface area contributed by atoms with Gasteiger partial charge in [-0.05, 0) is 18.8 Å². The molecule has 152 valence electrons. The molecule has 0 aliphatic heterocycles. The van der Waals surface area contributed by atoms with Crippen molar-refractivity contribution in [2.24, 2.45) is 5.92 Å². The highest BCUT2D eigenvalue weighted by Gasteiger charge is 2.02. The van der Waals surface area contributed by atoms with Crippen LogP contribution in [-0.2, 0) is 4.74 Å². The molecule has 0 radical (unpaired) electrons. The third-order valence-corrected chi connectivity index (χ3v) is 4.85. The van der Waals surface area contributed by atoms with E-state index < -0.39 is 6.29 Å². The molecule has 1 unspecified atom stereocenters. The van der Waals surface area contributed by atoms with E-state index >= 15 is 0 Å². The van der Waals surface area contributed by atoms with E-state index in [4.69, 9.17) is 9.84 Å². The summed E-state index contributed by atoms with van der Waals surface area (Å²) >= 11 is 0. The Labute approximate surface area is 157 Å². The van der Waals surface area contributed by atoms with Crippen LogP contribution in [0.15, 0.2) is 0 Å². The number of rotatable bonds is 20. The zero-order valence-corrected chi connectivity index (χ0v) is 17.2. The molecular formula is C22H46O3. The van der Waals surface area contributed by atoms with Crippen molar-refractivity contribution in [2.75, 3.05) is 13.2 Å². The minimum atomic E-state index is -0.692. The van der Waals surface area contributed by atoms with Crippen LogP contribution in [0, 0.1) is 5.92 Å². The Balaban J connectivity index is 3.05. The van der Waals surface area contributed by atoms with Gasteiger partial charge in [0.15, 0.2) is 6.29 Å². The second-order valence-corrected chi connectivity index (χ2v) is 7.97. The predicted molar refractivity (Wildman–Crippen MR) is 108 cm³/mol. The normalized spacial score (nSPS) is 12.8. The Morgan fingerprint density at radius 3 is 1.48 bits per heavy atom. The summed E-state index contributed by atoms with van der Waals surface area (Å²) in [5, 5.41) is 18.1. The summed E-state index contributed by atoms with van der Waals surface area (Å²) in [6.45, 7) is 5.40. The zero-order valence-electron chi connectivity index (χ0n) is 17.2. The first kappa shape index (κ1) is 24.9. The average Bonchev–Trinajstić information content (AvgIpc) is 2.59. The maximum atomic E-state index is 9.47. The molecule has 3 heteroatoms. The van der Waals surface area contributed by atoms with Crippen LogP contribution in [0.25, 0.3) is 0 Å². The van der Waals surface area contributed by atoms with E-state index in [0.717, 1.165) is 12.3 Å². The highest BCUT2D eigenvalue weighted by molar-refractivity contribution is 4.51. The van der Waals surface area contributed by atoms with Crippen LogP contribution >= 0.6 is 0 Å². The Kier molecular flexibility index (Phi) is 20.1. The summed E-state index contributed by atoms with van der Waals surface area (Å²) in [5.41, 5.74) is 0. The average molecular weight is 359 g/mol. The van der Waals surface area contributed by atoms with Crippen molar-refractivity contribution in [3.05, 3.63) is 0 Å². The summed E-state index contributed by atoms with van der Waals surface area (Å²) in [7, 11) is 0. The number of aliphatic hydroxyl groups is 2. The molecule has 0 aliphatic rings. The fourth-order valence-corrected chi connectivity index (χ4v) is 3.17. The van der Waals surface area contributed by atoms with Crippen LogP contribution < -0.4 is 0 Å². The van der Waals surface area contributed by atoms with Gasteiger partial charge in [0.1, 0.15) is 0 Å². The van der Waals surface area contributed by atoms with Crippen molar-refractivity contribution >= 4 is 0 Å². The monoisotopic (exact) mass is 358 g/mol. The summed E-state index contributed by atoms with van der Waals surface area (Å²) in [5.74, 6) is 0.871. The lowest BCUT2D eigenvalue weighted by Crippen LogP contribution is -2.13. The lowest BCUT2D eigenvalue weighted by molar-refractivity contribution is -0.106. The zero-order chi connectivity index (χ0) is 18.6. The molecule has 0 aromatic carbocycles. The van der Waals surface area contributed by atoms with Crippen molar-refractivity contribution in [1.82, 2.24) is 0 Å². The molecular weight excluding hydrogens is 312 g/mol. The van der Waals surface area contributed by atoms with E-state index in [1.807, 2.05) is 0 Å². The molecule has 0 amide bonds. The second-order valence-electron chi connectivity index (χ2n) is 7.97. The maximum absolute atomic E-state index is 9.47. The van der Waals surface area contributed by atoms with E-state index in [-0.39, 0.29) is 6.61 Å². The smallest absolute Gasteiger partial charge is 0.154 e. The molecule has 25 heavy (non-hydrogen) atoms. The number of ether oxygens (including phenoxy) is 1. The van der Waals surface area contributed by atoms with Gasteiger partial charge in [-0.1, -0.05) is 97.3 Å². The molecule has 0 fully saturated rings. The van der Waals surface area contributed by atoms with Crippen molar-refractivity contribution in [1.29, 1.82) is 0 Å². The van der Waals surface area contributed by atoms with Crippen LogP contribution in [-0.4, -0.2) is 29.7 Å². The highest BCUT2D eigenvalue weighted by atomic mass is 16.6. The third-order valence-electron chi connectivity index (χ3n) is 4.85. The second kappa shape index (κ2) is 20.2. The molecule has 3 nitrogen and oxygen atoms in total. The molecule has 2 N–H and O–H groups in total. The molecule has 0 saturated carbocycles. The van der Waals surface area contributed by atoms with Crippen molar-refractivity contribution in [2.45, 2.75) is 123 Å². The number of hydrogen-bond acceptors (Lipinski definition) is 3. The lowest BCUT2D eigenvalue weighted by atomic mass is 10.0. The van der Waals surface area contributed by atoms with Gasteiger partial charge in [-0.2, -0.15) is 0 Å². The minimum Gasteiger partial charge on any atom is -0.396 e. The Bertz CT molecular complexity index is 243. The summed E-state index contributed by atoms with van der Waals surface area (Å²) in [6, 6.07) is 0. The van der Waals surface area contributed by atoms with Crippen LogP contribution in [0.4, 0.5) is 0 Å². The Hall–Kier alpha value is -0.120. The van der Waals surface area contributed by atoms with Gasteiger partial charge >= 0.3 is 0 Å². The van der Waals surface area contributed by atoms with Crippen molar-refractivity contribution < 1.29 is 14.9 Å². The third kappa shape index (κ3) is 21.8. The van der Waals surface area contributed by atoms with Crippen molar-refractivity contribution in [3.63, 3.8) is 0 Å². The number of hydrogen-bond donors (Lipinski definition) is 2. The van der Waals surface area contributed by atoms with E-state index in [2.05, 4.69) is 13.8 Å². The van der Waals surface area contributed by atoms with Gasteiger partial charge in [-0.3, -0.25) is 0 Å². The molecule has 0 rings (SSSR count). The molecule has 1 atom stereocenters. The van der Waals surface area contributed by atoms with E-state index in [1.165, 1.54) is 83.5 Å². The summed E-state index contributed by atoms with van der Waals surface area (Å²) in [6.07, 6.45) is 19.4. The minimum absolute atomic E-state index is 0.124. The Morgan fingerprint density at radius 1 is 0.600 bits per heavy atom.